The van der Waals surface area contributed by atoms with E-state index in [1.807, 2.05) is 6.07 Å². The van der Waals surface area contributed by atoms with Gasteiger partial charge in [-0.3, -0.25) is 9.59 Å². The molecular formula is C17H21F3N2O2. The lowest BCUT2D eigenvalue weighted by molar-refractivity contribution is -0.216. The molecule has 1 aliphatic heterocycles. The fourth-order valence-electron chi connectivity index (χ4n) is 3.68. The van der Waals surface area contributed by atoms with E-state index >= 15 is 0 Å². The third-order valence-corrected chi connectivity index (χ3v) is 5.14. The van der Waals surface area contributed by atoms with Gasteiger partial charge in [-0.05, 0) is 26.7 Å². The Morgan fingerprint density at radius 2 is 1.92 bits per heavy atom. The molecule has 1 aliphatic carbocycles. The molecule has 2 rings (SSSR count). The van der Waals surface area contributed by atoms with Gasteiger partial charge >= 0.3 is 6.18 Å². The molecule has 1 amide bonds. The van der Waals surface area contributed by atoms with Crippen molar-refractivity contribution in [2.45, 2.75) is 46.7 Å². The van der Waals surface area contributed by atoms with Crippen LogP contribution in [0.2, 0.25) is 0 Å². The number of carbonyl (C=O) groups excluding carboxylic acids is 2. The number of nitriles is 1. The highest BCUT2D eigenvalue weighted by Crippen LogP contribution is 2.49. The molecule has 1 fully saturated rings. The maximum Gasteiger partial charge on any atom is 0.402 e. The van der Waals surface area contributed by atoms with E-state index in [2.05, 4.69) is 0 Å². The van der Waals surface area contributed by atoms with Crippen LogP contribution in [0, 0.1) is 27.6 Å². The topological polar surface area (TPSA) is 61.2 Å². The minimum absolute atomic E-state index is 0.0376. The van der Waals surface area contributed by atoms with E-state index in [0.717, 1.165) is 13.8 Å². The van der Waals surface area contributed by atoms with Gasteiger partial charge in [0.2, 0.25) is 5.91 Å². The van der Waals surface area contributed by atoms with Crippen LogP contribution in [-0.2, 0) is 9.59 Å². The van der Waals surface area contributed by atoms with Gasteiger partial charge in [-0.25, -0.2) is 0 Å². The number of halogens is 3. The lowest BCUT2D eigenvalue weighted by atomic mass is 9.64. The second-order valence-corrected chi connectivity index (χ2v) is 8.02. The minimum Gasteiger partial charge on any atom is -0.341 e. The van der Waals surface area contributed by atoms with E-state index in [0.29, 0.717) is 12.8 Å². The number of ketones is 1. The molecule has 1 spiro atoms. The molecular weight excluding hydrogens is 321 g/mol. The molecule has 0 unspecified atom stereocenters. The second-order valence-electron chi connectivity index (χ2n) is 8.02. The molecule has 7 heteroatoms. The van der Waals surface area contributed by atoms with E-state index < -0.39 is 28.3 Å². The maximum absolute atomic E-state index is 13.1. The number of alkyl halides is 3. The van der Waals surface area contributed by atoms with Gasteiger partial charge in [0.25, 0.3) is 0 Å². The lowest BCUT2D eigenvalue weighted by Gasteiger charge is -2.39. The van der Waals surface area contributed by atoms with Crippen LogP contribution in [0.15, 0.2) is 11.6 Å². The predicted molar refractivity (Wildman–Crippen MR) is 80.6 cm³/mol. The average molecular weight is 342 g/mol. The summed E-state index contributed by atoms with van der Waals surface area (Å²) in [7, 11) is 0. The van der Waals surface area contributed by atoms with Crippen molar-refractivity contribution in [1.29, 1.82) is 5.26 Å². The highest BCUT2D eigenvalue weighted by atomic mass is 19.4. The Morgan fingerprint density at radius 3 is 2.42 bits per heavy atom. The van der Waals surface area contributed by atoms with Crippen molar-refractivity contribution in [3.63, 3.8) is 0 Å². The molecule has 0 saturated carbocycles. The molecule has 0 aromatic rings. The molecule has 0 aromatic carbocycles. The largest absolute Gasteiger partial charge is 0.402 e. The maximum atomic E-state index is 13.1. The Kier molecular flexibility index (Phi) is 4.11. The minimum atomic E-state index is -4.63. The van der Waals surface area contributed by atoms with Gasteiger partial charge < -0.3 is 4.90 Å². The summed E-state index contributed by atoms with van der Waals surface area (Å²) < 4.78 is 39.3. The third kappa shape index (κ3) is 2.83. The Labute approximate surface area is 139 Å². The lowest BCUT2D eigenvalue weighted by Crippen LogP contribution is -2.49. The number of hydrogen-bond donors (Lipinski definition) is 0. The van der Waals surface area contributed by atoms with Crippen LogP contribution in [-0.4, -0.2) is 35.9 Å². The van der Waals surface area contributed by atoms with Crippen molar-refractivity contribution in [2.24, 2.45) is 16.2 Å². The number of allylic oxidation sites excluding steroid dienone is 1. The summed E-state index contributed by atoms with van der Waals surface area (Å²) in [5, 5.41) is 9.18. The summed E-state index contributed by atoms with van der Waals surface area (Å²) in [6.07, 6.45) is -2.20. The molecule has 132 valence electrons. The first-order valence-electron chi connectivity index (χ1n) is 7.80. The monoisotopic (exact) mass is 342 g/mol. The molecule has 1 atom stereocenters. The first kappa shape index (κ1) is 18.5. The average Bonchev–Trinajstić information content (AvgIpc) is 2.83. The summed E-state index contributed by atoms with van der Waals surface area (Å²) in [5.41, 5.74) is -3.80. The molecule has 2 aliphatic rings. The molecule has 0 bridgehead atoms. The smallest absolute Gasteiger partial charge is 0.341 e. The van der Waals surface area contributed by atoms with Crippen molar-refractivity contribution >= 4 is 11.7 Å². The zero-order valence-electron chi connectivity index (χ0n) is 14.3. The molecule has 0 radical (unpaired) electrons. The Hall–Kier alpha value is -1.84. The molecule has 1 heterocycles. The standard InChI is InChI=1S/C17H21F3N2O2/c1-14(2)9-16(7-11(8-21)12(14)23)5-6-22(10-16)13(24)15(3,4)17(18,19)20/h7H,5-6,9-10H2,1-4H3/t16-/m0/s1. The van der Waals surface area contributed by atoms with Crippen LogP contribution in [0.3, 0.4) is 0 Å². The van der Waals surface area contributed by atoms with E-state index in [9.17, 15) is 28.0 Å². The highest BCUT2D eigenvalue weighted by Gasteiger charge is 2.57. The number of Topliss-reactive ketones (excluding diaryl/α,β-unsaturated/α-hetero) is 1. The van der Waals surface area contributed by atoms with Crippen LogP contribution in [0.4, 0.5) is 13.2 Å². The quantitative estimate of drug-likeness (QED) is 0.735. The van der Waals surface area contributed by atoms with Gasteiger partial charge in [-0.1, -0.05) is 19.9 Å². The second kappa shape index (κ2) is 5.33. The van der Waals surface area contributed by atoms with Crippen molar-refractivity contribution in [1.82, 2.24) is 4.90 Å². The number of nitrogens with zero attached hydrogens (tertiary/aromatic N) is 2. The Morgan fingerprint density at radius 1 is 1.33 bits per heavy atom. The molecule has 0 aromatic heterocycles. The SMILES string of the molecule is CC1(C)C[C@@]2(C=C(C#N)C1=O)CCN(C(=O)C(C)(C)C(F)(F)F)C2. The number of hydrogen-bond acceptors (Lipinski definition) is 3. The summed E-state index contributed by atoms with van der Waals surface area (Å²) in [6.45, 7) is 5.51. The number of likely N-dealkylation sites (tertiary alicyclic amines) is 1. The normalized spacial score (nSPS) is 27.2. The van der Waals surface area contributed by atoms with Gasteiger partial charge in [0.1, 0.15) is 11.5 Å². The Bertz CT molecular complexity index is 656. The molecule has 1 saturated heterocycles. The van der Waals surface area contributed by atoms with Gasteiger partial charge in [0, 0.05) is 23.9 Å². The van der Waals surface area contributed by atoms with E-state index in [4.69, 9.17) is 0 Å². The van der Waals surface area contributed by atoms with Crippen LogP contribution < -0.4 is 0 Å². The van der Waals surface area contributed by atoms with E-state index in [1.54, 1.807) is 19.9 Å². The zero-order valence-corrected chi connectivity index (χ0v) is 14.3. The first-order chi connectivity index (χ1) is 10.8. The van der Waals surface area contributed by atoms with E-state index in [1.165, 1.54) is 4.90 Å². The number of rotatable bonds is 1. The summed E-state index contributed by atoms with van der Waals surface area (Å²) in [6, 6.07) is 1.89. The third-order valence-electron chi connectivity index (χ3n) is 5.14. The molecule has 0 N–H and O–H groups in total. The summed E-state index contributed by atoms with van der Waals surface area (Å²) >= 11 is 0. The molecule has 24 heavy (non-hydrogen) atoms. The van der Waals surface area contributed by atoms with Crippen molar-refractivity contribution < 1.29 is 22.8 Å². The summed E-state index contributed by atoms with van der Waals surface area (Å²) in [4.78, 5) is 25.8. The van der Waals surface area contributed by atoms with Gasteiger partial charge in [0.15, 0.2) is 5.78 Å². The fraction of sp³-hybridized carbons (Fsp3) is 0.706. The van der Waals surface area contributed by atoms with E-state index in [-0.39, 0.29) is 24.4 Å². The van der Waals surface area contributed by atoms with Crippen LogP contribution in [0.1, 0.15) is 40.5 Å². The predicted octanol–water partition coefficient (Wildman–Crippen LogP) is 3.24. The Balaban J connectivity index is 2.30. The van der Waals surface area contributed by atoms with Crippen molar-refractivity contribution in [3.05, 3.63) is 11.6 Å². The van der Waals surface area contributed by atoms with Crippen LogP contribution in [0.25, 0.3) is 0 Å². The van der Waals surface area contributed by atoms with Crippen LogP contribution >= 0.6 is 0 Å². The summed E-state index contributed by atoms with van der Waals surface area (Å²) in [5.74, 6) is -1.22. The number of carbonyl (C=O) groups is 2. The fourth-order valence-corrected chi connectivity index (χ4v) is 3.68. The van der Waals surface area contributed by atoms with Gasteiger partial charge in [-0.15, -0.1) is 0 Å². The van der Waals surface area contributed by atoms with Gasteiger partial charge in [0.05, 0.1) is 5.57 Å². The van der Waals surface area contributed by atoms with Crippen molar-refractivity contribution in [3.8, 4) is 6.07 Å². The molecule has 4 nitrogen and oxygen atoms in total. The van der Waals surface area contributed by atoms with Crippen molar-refractivity contribution in [2.75, 3.05) is 13.1 Å². The highest BCUT2D eigenvalue weighted by molar-refractivity contribution is 6.03. The number of amides is 1. The zero-order chi connectivity index (χ0) is 18.6. The first-order valence-corrected chi connectivity index (χ1v) is 7.80. The van der Waals surface area contributed by atoms with Gasteiger partial charge in [-0.2, -0.15) is 18.4 Å². The van der Waals surface area contributed by atoms with Crippen LogP contribution in [0.5, 0.6) is 0 Å².